The summed E-state index contributed by atoms with van der Waals surface area (Å²) in [5.41, 5.74) is -0.911. The number of carbonyl (C=O) groups is 1. The van der Waals surface area contributed by atoms with Crippen molar-refractivity contribution in [3.63, 3.8) is 0 Å². The van der Waals surface area contributed by atoms with Crippen molar-refractivity contribution >= 4 is 5.97 Å². The van der Waals surface area contributed by atoms with E-state index in [0.29, 0.717) is 12.8 Å². The average Bonchev–Trinajstić information content (AvgIpc) is 2.26. The van der Waals surface area contributed by atoms with Gasteiger partial charge in [-0.15, -0.1) is 0 Å². The zero-order valence-corrected chi connectivity index (χ0v) is 12.5. The molecule has 1 atom stereocenters. The lowest BCUT2D eigenvalue weighted by Gasteiger charge is -2.30. The molecule has 0 aromatic heterocycles. The molecular formula is C13H24F3NO3. The first-order valence-corrected chi connectivity index (χ1v) is 6.70. The number of nitrogens with one attached hydrogen (secondary N) is 1. The van der Waals surface area contributed by atoms with E-state index < -0.39 is 24.3 Å². The molecule has 0 radical (unpaired) electrons. The fourth-order valence-electron chi connectivity index (χ4n) is 1.88. The maximum Gasteiger partial charge on any atom is 0.411 e. The van der Waals surface area contributed by atoms with E-state index in [1.807, 2.05) is 13.8 Å². The highest BCUT2D eigenvalue weighted by atomic mass is 19.4. The van der Waals surface area contributed by atoms with Gasteiger partial charge in [0, 0.05) is 12.6 Å². The topological polar surface area (TPSA) is 47.6 Å². The van der Waals surface area contributed by atoms with Crippen LogP contribution in [0.15, 0.2) is 0 Å². The SMILES string of the molecule is CCOC(=O)C(C)(CCCOCC(F)(F)F)NC(C)C. The molecule has 7 heteroatoms. The van der Waals surface area contributed by atoms with E-state index in [4.69, 9.17) is 4.74 Å². The van der Waals surface area contributed by atoms with Crippen LogP contribution in [0.3, 0.4) is 0 Å². The summed E-state index contributed by atoms with van der Waals surface area (Å²) in [7, 11) is 0. The maximum atomic E-state index is 11.9. The van der Waals surface area contributed by atoms with E-state index in [9.17, 15) is 18.0 Å². The molecule has 0 spiro atoms. The van der Waals surface area contributed by atoms with Crippen molar-refractivity contribution in [2.75, 3.05) is 19.8 Å². The standard InChI is InChI=1S/C13H24F3NO3/c1-5-20-11(18)12(4,17-10(2)3)7-6-8-19-9-13(14,15)16/h10,17H,5-9H2,1-4H3. The molecule has 1 unspecified atom stereocenters. The van der Waals surface area contributed by atoms with Gasteiger partial charge in [-0.3, -0.25) is 10.1 Å². The van der Waals surface area contributed by atoms with Gasteiger partial charge in [-0.05, 0) is 40.5 Å². The Hall–Kier alpha value is -0.820. The van der Waals surface area contributed by atoms with E-state index in [-0.39, 0.29) is 19.3 Å². The zero-order chi connectivity index (χ0) is 15.8. The summed E-state index contributed by atoms with van der Waals surface area (Å²) in [5.74, 6) is -0.399. The number of esters is 1. The van der Waals surface area contributed by atoms with E-state index >= 15 is 0 Å². The molecule has 0 saturated carbocycles. The summed E-state index contributed by atoms with van der Waals surface area (Å²) in [4.78, 5) is 11.9. The highest BCUT2D eigenvalue weighted by molar-refractivity contribution is 5.80. The van der Waals surface area contributed by atoms with Crippen molar-refractivity contribution in [2.24, 2.45) is 0 Å². The van der Waals surface area contributed by atoms with Crippen LogP contribution in [0.1, 0.15) is 40.5 Å². The molecule has 0 aliphatic heterocycles. The molecule has 0 aliphatic carbocycles. The molecule has 0 saturated heterocycles. The Labute approximate surface area is 118 Å². The van der Waals surface area contributed by atoms with Gasteiger partial charge in [0.15, 0.2) is 0 Å². The van der Waals surface area contributed by atoms with Crippen LogP contribution in [0.4, 0.5) is 13.2 Å². The Kier molecular flexibility index (Phi) is 8.12. The lowest BCUT2D eigenvalue weighted by atomic mass is 9.95. The molecule has 0 bridgehead atoms. The van der Waals surface area contributed by atoms with E-state index in [1.165, 1.54) is 0 Å². The fraction of sp³-hybridized carbons (Fsp3) is 0.923. The second-order valence-electron chi connectivity index (χ2n) is 5.12. The van der Waals surface area contributed by atoms with Gasteiger partial charge < -0.3 is 9.47 Å². The largest absolute Gasteiger partial charge is 0.465 e. The van der Waals surface area contributed by atoms with Crippen molar-refractivity contribution in [2.45, 2.75) is 58.3 Å². The first-order chi connectivity index (χ1) is 9.10. The van der Waals surface area contributed by atoms with Crippen molar-refractivity contribution in [1.29, 1.82) is 0 Å². The molecule has 0 fully saturated rings. The second-order valence-corrected chi connectivity index (χ2v) is 5.12. The Morgan fingerprint density at radius 2 is 1.90 bits per heavy atom. The summed E-state index contributed by atoms with van der Waals surface area (Å²) >= 11 is 0. The molecule has 120 valence electrons. The highest BCUT2D eigenvalue weighted by Gasteiger charge is 2.34. The lowest BCUT2D eigenvalue weighted by molar-refractivity contribution is -0.174. The molecule has 1 N–H and O–H groups in total. The minimum absolute atomic E-state index is 0.0473. The fourth-order valence-corrected chi connectivity index (χ4v) is 1.88. The number of halogens is 3. The Bertz CT molecular complexity index is 295. The van der Waals surface area contributed by atoms with Crippen LogP contribution in [-0.4, -0.2) is 43.5 Å². The molecule has 0 rings (SSSR count). The third kappa shape index (κ3) is 8.37. The minimum Gasteiger partial charge on any atom is -0.465 e. The number of rotatable bonds is 9. The number of hydrogen-bond donors (Lipinski definition) is 1. The van der Waals surface area contributed by atoms with E-state index in [2.05, 4.69) is 10.1 Å². The van der Waals surface area contributed by atoms with Gasteiger partial charge in [0.05, 0.1) is 6.61 Å². The summed E-state index contributed by atoms with van der Waals surface area (Å²) in [6.07, 6.45) is -3.63. The number of alkyl halides is 3. The summed E-state index contributed by atoms with van der Waals surface area (Å²) in [5, 5.41) is 3.10. The minimum atomic E-state index is -4.32. The van der Waals surface area contributed by atoms with Crippen LogP contribution >= 0.6 is 0 Å². The summed E-state index contributed by atoms with van der Waals surface area (Å²) < 4.78 is 45.2. The number of hydrogen-bond acceptors (Lipinski definition) is 4. The van der Waals surface area contributed by atoms with E-state index in [0.717, 1.165) is 0 Å². The Balaban J connectivity index is 4.27. The summed E-state index contributed by atoms with van der Waals surface area (Å²) in [6.45, 7) is 6.12. The van der Waals surface area contributed by atoms with Gasteiger partial charge >= 0.3 is 12.1 Å². The van der Waals surface area contributed by atoms with Gasteiger partial charge in [-0.25, -0.2) is 0 Å². The monoisotopic (exact) mass is 299 g/mol. The smallest absolute Gasteiger partial charge is 0.411 e. The first kappa shape index (κ1) is 19.2. The third-order valence-electron chi connectivity index (χ3n) is 2.56. The van der Waals surface area contributed by atoms with Gasteiger partial charge in [-0.1, -0.05) is 0 Å². The molecule has 0 amide bonds. The van der Waals surface area contributed by atoms with Gasteiger partial charge in [0.2, 0.25) is 0 Å². The molecule has 4 nitrogen and oxygen atoms in total. The highest BCUT2D eigenvalue weighted by Crippen LogP contribution is 2.18. The van der Waals surface area contributed by atoms with E-state index in [1.54, 1.807) is 13.8 Å². The molecule has 0 aromatic rings. The van der Waals surface area contributed by atoms with Crippen LogP contribution in [-0.2, 0) is 14.3 Å². The van der Waals surface area contributed by atoms with Crippen LogP contribution in [0.25, 0.3) is 0 Å². The average molecular weight is 299 g/mol. The Morgan fingerprint density at radius 3 is 2.35 bits per heavy atom. The van der Waals surface area contributed by atoms with Crippen molar-refractivity contribution in [3.8, 4) is 0 Å². The molecule has 0 aromatic carbocycles. The first-order valence-electron chi connectivity index (χ1n) is 6.70. The van der Waals surface area contributed by atoms with Crippen LogP contribution in [0.5, 0.6) is 0 Å². The predicted molar refractivity (Wildman–Crippen MR) is 69.4 cm³/mol. The Morgan fingerprint density at radius 1 is 1.30 bits per heavy atom. The molecule has 0 heterocycles. The van der Waals surface area contributed by atoms with Gasteiger partial charge in [0.1, 0.15) is 12.1 Å². The van der Waals surface area contributed by atoms with Crippen molar-refractivity contribution in [1.82, 2.24) is 5.32 Å². The van der Waals surface area contributed by atoms with Crippen LogP contribution < -0.4 is 5.32 Å². The quantitative estimate of drug-likeness (QED) is 0.525. The molecule has 20 heavy (non-hydrogen) atoms. The lowest BCUT2D eigenvalue weighted by Crippen LogP contribution is -2.53. The van der Waals surface area contributed by atoms with Gasteiger partial charge in [0.25, 0.3) is 0 Å². The number of carbonyl (C=O) groups excluding carboxylic acids is 1. The van der Waals surface area contributed by atoms with Crippen molar-refractivity contribution in [3.05, 3.63) is 0 Å². The predicted octanol–water partition coefficient (Wildman–Crippen LogP) is 2.67. The zero-order valence-electron chi connectivity index (χ0n) is 12.5. The molecule has 0 aliphatic rings. The van der Waals surface area contributed by atoms with Crippen LogP contribution in [0, 0.1) is 0 Å². The van der Waals surface area contributed by atoms with Crippen LogP contribution in [0.2, 0.25) is 0 Å². The number of ether oxygens (including phenoxy) is 2. The summed E-state index contributed by atoms with van der Waals surface area (Å²) in [6, 6.07) is 0.0560. The second kappa shape index (κ2) is 8.46. The maximum absolute atomic E-state index is 11.9. The third-order valence-corrected chi connectivity index (χ3v) is 2.56. The molecular weight excluding hydrogens is 275 g/mol. The van der Waals surface area contributed by atoms with Gasteiger partial charge in [-0.2, -0.15) is 13.2 Å². The normalized spacial score (nSPS) is 15.2. The van der Waals surface area contributed by atoms with Crippen molar-refractivity contribution < 1.29 is 27.4 Å².